The lowest BCUT2D eigenvalue weighted by Gasteiger charge is -2.26. The van der Waals surface area contributed by atoms with Crippen molar-refractivity contribution in [1.29, 1.82) is 0 Å². The molecule has 1 N–H and O–H groups in total. The number of hydrogen-bond acceptors (Lipinski definition) is 4. The fraction of sp³-hybridized carbons (Fsp3) is 0.632. The smallest absolute Gasteiger partial charge is 0.310 e. The van der Waals surface area contributed by atoms with Crippen LogP contribution in [0.4, 0.5) is 0 Å². The van der Waals surface area contributed by atoms with Crippen molar-refractivity contribution < 1.29 is 19.4 Å². The molecule has 1 aliphatic rings. The van der Waals surface area contributed by atoms with Gasteiger partial charge in [0.05, 0.1) is 20.1 Å². The maximum Gasteiger partial charge on any atom is 0.310 e. The van der Waals surface area contributed by atoms with Gasteiger partial charge in [-0.2, -0.15) is 0 Å². The van der Waals surface area contributed by atoms with Crippen LogP contribution in [0.1, 0.15) is 61.6 Å². The van der Waals surface area contributed by atoms with Gasteiger partial charge < -0.3 is 14.6 Å². The van der Waals surface area contributed by atoms with Crippen LogP contribution in [-0.4, -0.2) is 31.4 Å². The van der Waals surface area contributed by atoms with E-state index in [9.17, 15) is 4.79 Å². The van der Waals surface area contributed by atoms with Gasteiger partial charge >= 0.3 is 5.97 Å². The second-order valence-corrected chi connectivity index (χ2v) is 6.19. The summed E-state index contributed by atoms with van der Waals surface area (Å²) in [6.07, 6.45) is 7.34. The molecule has 0 bridgehead atoms. The summed E-state index contributed by atoms with van der Waals surface area (Å²) in [5.74, 6) is 1.23. The second kappa shape index (κ2) is 8.92. The third-order valence-corrected chi connectivity index (χ3v) is 4.59. The topological polar surface area (TPSA) is 55.8 Å². The van der Waals surface area contributed by atoms with E-state index in [1.165, 1.54) is 37.7 Å². The Morgan fingerprint density at radius 2 is 2.00 bits per heavy atom. The van der Waals surface area contributed by atoms with E-state index in [-0.39, 0.29) is 25.6 Å². The summed E-state index contributed by atoms with van der Waals surface area (Å²) in [6.45, 7) is 2.03. The van der Waals surface area contributed by atoms with Crippen LogP contribution < -0.4 is 4.74 Å². The van der Waals surface area contributed by atoms with Gasteiger partial charge in [0.15, 0.2) is 0 Å². The van der Waals surface area contributed by atoms with Crippen molar-refractivity contribution in [3.63, 3.8) is 0 Å². The molecule has 1 aromatic carbocycles. The third-order valence-electron chi connectivity index (χ3n) is 4.59. The molecule has 0 radical (unpaired) electrons. The first-order valence-electron chi connectivity index (χ1n) is 8.65. The molecule has 4 heteroatoms. The van der Waals surface area contributed by atoms with Crippen LogP contribution in [0.3, 0.4) is 0 Å². The lowest BCUT2D eigenvalue weighted by Crippen LogP contribution is -2.13. The molecule has 0 atom stereocenters. The van der Waals surface area contributed by atoms with Gasteiger partial charge in [-0.15, -0.1) is 0 Å². The van der Waals surface area contributed by atoms with Crippen molar-refractivity contribution in [3.8, 4) is 5.75 Å². The molecule has 0 unspecified atom stereocenters. The van der Waals surface area contributed by atoms with Crippen molar-refractivity contribution in [2.24, 2.45) is 0 Å². The number of aryl methyl sites for hydroxylation is 1. The third kappa shape index (κ3) is 4.71. The molecule has 1 aromatic rings. The average molecular weight is 320 g/mol. The molecule has 128 valence electrons. The van der Waals surface area contributed by atoms with Gasteiger partial charge in [0.2, 0.25) is 0 Å². The average Bonchev–Trinajstić information content (AvgIpc) is 2.59. The van der Waals surface area contributed by atoms with Crippen LogP contribution in [0, 0.1) is 0 Å². The molecular formula is C19H28O4. The predicted octanol–water partition coefficient (Wildman–Crippen LogP) is 3.38. The van der Waals surface area contributed by atoms with Crippen molar-refractivity contribution in [3.05, 3.63) is 28.8 Å². The number of methoxy groups -OCH3 is 1. The van der Waals surface area contributed by atoms with Gasteiger partial charge in [0.25, 0.3) is 0 Å². The van der Waals surface area contributed by atoms with Crippen LogP contribution in [0.15, 0.2) is 12.1 Å². The minimum absolute atomic E-state index is 0.0606. The molecule has 2 rings (SSSR count). The largest absolute Gasteiger partial charge is 0.496 e. The van der Waals surface area contributed by atoms with Gasteiger partial charge in [-0.3, -0.25) is 4.79 Å². The molecule has 0 spiro atoms. The van der Waals surface area contributed by atoms with E-state index in [1.807, 2.05) is 6.07 Å². The van der Waals surface area contributed by atoms with E-state index in [2.05, 4.69) is 13.0 Å². The number of carbonyl (C=O) groups excluding carboxylic acids is 1. The molecule has 4 nitrogen and oxygen atoms in total. The van der Waals surface area contributed by atoms with E-state index >= 15 is 0 Å². The summed E-state index contributed by atoms with van der Waals surface area (Å²) in [4.78, 5) is 11.8. The molecule has 0 saturated heterocycles. The normalized spacial score (nSPS) is 15.4. The Kier molecular flexibility index (Phi) is 6.90. The number of carbonyl (C=O) groups is 1. The lowest BCUT2D eigenvalue weighted by atomic mass is 9.82. The van der Waals surface area contributed by atoms with Crippen LogP contribution in [0.5, 0.6) is 5.75 Å². The molecule has 1 aliphatic carbocycles. The quantitative estimate of drug-likeness (QED) is 0.783. The standard InChI is InChI=1S/C19H28O4/c1-3-15-11-14(13-18(21)23-10-9-20)12-17(19(15)22-2)16-7-5-4-6-8-16/h11-12,16,20H,3-10,13H2,1-2H3. The van der Waals surface area contributed by atoms with E-state index in [4.69, 9.17) is 14.6 Å². The van der Waals surface area contributed by atoms with Crippen LogP contribution in [0.2, 0.25) is 0 Å². The maximum atomic E-state index is 11.8. The van der Waals surface area contributed by atoms with Gasteiger partial charge in [0, 0.05) is 0 Å². The Bertz CT molecular complexity index is 518. The maximum absolute atomic E-state index is 11.8. The van der Waals surface area contributed by atoms with Gasteiger partial charge in [0.1, 0.15) is 12.4 Å². The number of aliphatic hydroxyl groups excluding tert-OH is 1. The van der Waals surface area contributed by atoms with Crippen molar-refractivity contribution in [2.45, 2.75) is 57.8 Å². The van der Waals surface area contributed by atoms with Crippen molar-refractivity contribution in [1.82, 2.24) is 0 Å². The highest BCUT2D eigenvalue weighted by Gasteiger charge is 2.22. The summed E-state index contributed by atoms with van der Waals surface area (Å²) in [6, 6.07) is 4.17. The van der Waals surface area contributed by atoms with Crippen LogP contribution in [0.25, 0.3) is 0 Å². The zero-order valence-electron chi connectivity index (χ0n) is 14.3. The molecule has 23 heavy (non-hydrogen) atoms. The zero-order valence-corrected chi connectivity index (χ0v) is 14.3. The molecular weight excluding hydrogens is 292 g/mol. The number of esters is 1. The Morgan fingerprint density at radius 1 is 1.26 bits per heavy atom. The van der Waals surface area contributed by atoms with E-state index in [1.54, 1.807) is 7.11 Å². The molecule has 0 aliphatic heterocycles. The summed E-state index contributed by atoms with van der Waals surface area (Å²) in [7, 11) is 1.73. The Labute approximate surface area is 138 Å². The number of aliphatic hydroxyl groups is 1. The first kappa shape index (κ1) is 17.8. The monoisotopic (exact) mass is 320 g/mol. The minimum atomic E-state index is -0.291. The zero-order chi connectivity index (χ0) is 16.7. The fourth-order valence-electron chi connectivity index (χ4n) is 3.49. The summed E-state index contributed by atoms with van der Waals surface area (Å²) in [5, 5.41) is 8.75. The molecule has 0 heterocycles. The van der Waals surface area contributed by atoms with E-state index < -0.39 is 0 Å². The number of rotatable bonds is 7. The first-order chi connectivity index (χ1) is 11.2. The van der Waals surface area contributed by atoms with E-state index in [0.29, 0.717) is 5.92 Å². The Hall–Kier alpha value is -1.55. The predicted molar refractivity (Wildman–Crippen MR) is 89.9 cm³/mol. The van der Waals surface area contributed by atoms with Crippen molar-refractivity contribution in [2.75, 3.05) is 20.3 Å². The Balaban J connectivity index is 2.27. The molecule has 0 amide bonds. The van der Waals surface area contributed by atoms with Crippen LogP contribution >= 0.6 is 0 Å². The lowest BCUT2D eigenvalue weighted by molar-refractivity contribution is -0.143. The molecule has 1 fully saturated rings. The Morgan fingerprint density at radius 3 is 2.61 bits per heavy atom. The van der Waals surface area contributed by atoms with Crippen molar-refractivity contribution >= 4 is 5.97 Å². The highest BCUT2D eigenvalue weighted by atomic mass is 16.5. The summed E-state index contributed by atoms with van der Waals surface area (Å²) in [5.41, 5.74) is 3.38. The number of hydrogen-bond donors (Lipinski definition) is 1. The second-order valence-electron chi connectivity index (χ2n) is 6.19. The first-order valence-corrected chi connectivity index (χ1v) is 8.65. The fourth-order valence-corrected chi connectivity index (χ4v) is 3.49. The summed E-state index contributed by atoms with van der Waals surface area (Å²) < 4.78 is 10.7. The van der Waals surface area contributed by atoms with E-state index in [0.717, 1.165) is 23.3 Å². The SMILES string of the molecule is CCc1cc(CC(=O)OCCO)cc(C2CCCCC2)c1OC. The number of benzene rings is 1. The van der Waals surface area contributed by atoms with Gasteiger partial charge in [-0.1, -0.05) is 38.3 Å². The summed E-state index contributed by atoms with van der Waals surface area (Å²) >= 11 is 0. The molecule has 1 saturated carbocycles. The van der Waals surface area contributed by atoms with Crippen LogP contribution in [-0.2, 0) is 22.4 Å². The van der Waals surface area contributed by atoms with Gasteiger partial charge in [-0.25, -0.2) is 0 Å². The highest BCUT2D eigenvalue weighted by molar-refractivity contribution is 5.73. The highest BCUT2D eigenvalue weighted by Crippen LogP contribution is 2.40. The minimum Gasteiger partial charge on any atom is -0.496 e. The van der Waals surface area contributed by atoms with Gasteiger partial charge in [-0.05, 0) is 41.9 Å². The molecule has 0 aromatic heterocycles. The number of ether oxygens (including phenoxy) is 2.